The van der Waals surface area contributed by atoms with E-state index in [0.29, 0.717) is 0 Å². The van der Waals surface area contributed by atoms with E-state index in [2.05, 4.69) is 183 Å². The Labute approximate surface area is 270 Å². The van der Waals surface area contributed by atoms with Gasteiger partial charge in [-0.2, -0.15) is 0 Å². The Balaban J connectivity index is 1.29. The van der Waals surface area contributed by atoms with Crippen LogP contribution in [0.25, 0.3) is 54.6 Å². The molecule has 0 bridgehead atoms. The first kappa shape index (κ1) is 26.7. The van der Waals surface area contributed by atoms with Crippen molar-refractivity contribution < 1.29 is 0 Å². The summed E-state index contributed by atoms with van der Waals surface area (Å²) in [6.07, 6.45) is 0. The van der Waals surface area contributed by atoms with Crippen molar-refractivity contribution in [3.05, 3.63) is 175 Å². The summed E-state index contributed by atoms with van der Waals surface area (Å²) in [5.41, 5.74) is 11.3. The van der Waals surface area contributed by atoms with Crippen molar-refractivity contribution >= 4 is 49.4 Å². The molecule has 8 aromatic rings. The second kappa shape index (κ2) is 10.2. The molecule has 0 saturated carbocycles. The predicted molar refractivity (Wildman–Crippen MR) is 197 cm³/mol. The van der Waals surface area contributed by atoms with Gasteiger partial charge in [0.25, 0.3) is 0 Å². The molecule has 0 heterocycles. The SMILES string of the molecule is CC1(C)c2ccc3ccccc3c2-c2c1c1ccc(N(c3ccccc3)c3ccc(-c4ccccc4)cc3)cc1c1ccccc21. The third-order valence-corrected chi connectivity index (χ3v) is 9.99. The van der Waals surface area contributed by atoms with E-state index >= 15 is 0 Å². The number of hydrogen-bond donors (Lipinski definition) is 0. The molecule has 1 aliphatic rings. The first-order valence-corrected chi connectivity index (χ1v) is 16.1. The number of hydrogen-bond acceptors (Lipinski definition) is 1. The van der Waals surface area contributed by atoms with Crippen LogP contribution in [-0.4, -0.2) is 0 Å². The van der Waals surface area contributed by atoms with Gasteiger partial charge < -0.3 is 4.90 Å². The lowest BCUT2D eigenvalue weighted by Crippen LogP contribution is -2.16. The summed E-state index contributed by atoms with van der Waals surface area (Å²) in [5, 5.41) is 7.86. The number of nitrogens with zero attached hydrogens (tertiary/aromatic N) is 1. The Hall–Kier alpha value is -5.66. The van der Waals surface area contributed by atoms with Crippen LogP contribution in [0.4, 0.5) is 17.1 Å². The highest BCUT2D eigenvalue weighted by molar-refractivity contribution is 6.21. The second-order valence-corrected chi connectivity index (χ2v) is 12.9. The van der Waals surface area contributed by atoms with Crippen molar-refractivity contribution in [2.45, 2.75) is 19.3 Å². The van der Waals surface area contributed by atoms with Gasteiger partial charge in [-0.1, -0.05) is 141 Å². The average Bonchev–Trinajstić information content (AvgIpc) is 3.37. The van der Waals surface area contributed by atoms with Crippen LogP contribution in [0.5, 0.6) is 0 Å². The maximum atomic E-state index is 2.41. The highest BCUT2D eigenvalue weighted by atomic mass is 15.1. The molecule has 0 amide bonds. The fourth-order valence-corrected chi connectivity index (χ4v) is 7.88. The highest BCUT2D eigenvalue weighted by Gasteiger charge is 2.39. The van der Waals surface area contributed by atoms with Gasteiger partial charge in [-0.25, -0.2) is 0 Å². The first-order chi connectivity index (χ1) is 22.6. The van der Waals surface area contributed by atoms with Gasteiger partial charge in [0, 0.05) is 22.5 Å². The van der Waals surface area contributed by atoms with E-state index in [1.165, 1.54) is 65.7 Å². The van der Waals surface area contributed by atoms with Crippen LogP contribution in [0, 0.1) is 0 Å². The largest absolute Gasteiger partial charge is 0.310 e. The zero-order valence-corrected chi connectivity index (χ0v) is 26.0. The quantitative estimate of drug-likeness (QED) is 0.185. The second-order valence-electron chi connectivity index (χ2n) is 12.9. The molecule has 0 fully saturated rings. The molecule has 46 heavy (non-hydrogen) atoms. The summed E-state index contributed by atoms with van der Waals surface area (Å²) < 4.78 is 0. The molecule has 0 radical (unpaired) electrons. The van der Waals surface area contributed by atoms with Crippen LogP contribution >= 0.6 is 0 Å². The fourth-order valence-electron chi connectivity index (χ4n) is 7.88. The molecule has 0 N–H and O–H groups in total. The molecule has 9 rings (SSSR count). The van der Waals surface area contributed by atoms with Gasteiger partial charge in [-0.3, -0.25) is 0 Å². The van der Waals surface area contributed by atoms with Crippen molar-refractivity contribution in [2.24, 2.45) is 0 Å². The van der Waals surface area contributed by atoms with Crippen molar-refractivity contribution in [1.29, 1.82) is 0 Å². The predicted octanol–water partition coefficient (Wildman–Crippen LogP) is 12.6. The molecule has 1 aliphatic carbocycles. The Bertz CT molecular complexity index is 2420. The molecule has 0 aliphatic heterocycles. The van der Waals surface area contributed by atoms with Crippen molar-refractivity contribution in [2.75, 3.05) is 4.90 Å². The molecule has 0 saturated heterocycles. The monoisotopic (exact) mass is 587 g/mol. The molecule has 1 heteroatoms. The summed E-state index contributed by atoms with van der Waals surface area (Å²) in [5.74, 6) is 0. The third-order valence-electron chi connectivity index (χ3n) is 9.99. The van der Waals surface area contributed by atoms with Crippen molar-refractivity contribution in [3.63, 3.8) is 0 Å². The Morgan fingerprint density at radius 3 is 1.74 bits per heavy atom. The van der Waals surface area contributed by atoms with Crippen LogP contribution in [0.15, 0.2) is 164 Å². The van der Waals surface area contributed by atoms with Gasteiger partial charge in [0.1, 0.15) is 0 Å². The molecular weight excluding hydrogens is 555 g/mol. The van der Waals surface area contributed by atoms with E-state index in [9.17, 15) is 0 Å². The van der Waals surface area contributed by atoms with E-state index in [4.69, 9.17) is 0 Å². The molecule has 0 atom stereocenters. The van der Waals surface area contributed by atoms with Crippen LogP contribution < -0.4 is 4.90 Å². The molecular formula is C45H33N. The Kier molecular flexibility index (Phi) is 5.92. The van der Waals surface area contributed by atoms with Crippen LogP contribution in [0.2, 0.25) is 0 Å². The normalized spacial score (nSPS) is 13.2. The van der Waals surface area contributed by atoms with Crippen molar-refractivity contribution in [3.8, 4) is 22.3 Å². The summed E-state index contributed by atoms with van der Waals surface area (Å²) in [7, 11) is 0. The van der Waals surface area contributed by atoms with Gasteiger partial charge in [0.15, 0.2) is 0 Å². The topological polar surface area (TPSA) is 3.24 Å². The first-order valence-electron chi connectivity index (χ1n) is 16.1. The Morgan fingerprint density at radius 1 is 0.391 bits per heavy atom. The molecule has 0 spiro atoms. The maximum Gasteiger partial charge on any atom is 0.0468 e. The summed E-state index contributed by atoms with van der Waals surface area (Å²) in [6.45, 7) is 4.80. The lowest BCUT2D eigenvalue weighted by Gasteiger charge is -2.28. The van der Waals surface area contributed by atoms with Crippen LogP contribution in [0.1, 0.15) is 25.0 Å². The molecule has 1 nitrogen and oxygen atoms in total. The standard InChI is InChI=1S/C45H33N/c1-45(2)41-28-23-32-15-9-10-18-36(32)42(41)43-38-20-12-11-19-37(38)40-29-35(26-27-39(40)44(43)45)46(33-16-7-4-8-17-33)34-24-21-31(22-25-34)30-13-5-3-6-14-30/h3-29H,1-2H3. The molecule has 8 aromatic carbocycles. The lowest BCUT2D eigenvalue weighted by atomic mass is 9.79. The minimum Gasteiger partial charge on any atom is -0.310 e. The molecule has 218 valence electrons. The zero-order valence-electron chi connectivity index (χ0n) is 26.0. The highest BCUT2D eigenvalue weighted by Crippen LogP contribution is 2.56. The summed E-state index contributed by atoms with van der Waals surface area (Å²) >= 11 is 0. The Morgan fingerprint density at radius 2 is 0.978 bits per heavy atom. The van der Waals surface area contributed by atoms with E-state index in [-0.39, 0.29) is 5.41 Å². The third kappa shape index (κ3) is 3.95. The van der Waals surface area contributed by atoms with Gasteiger partial charge in [0.05, 0.1) is 0 Å². The minimum absolute atomic E-state index is 0.134. The van der Waals surface area contributed by atoms with E-state index in [1.807, 2.05) is 0 Å². The number of fused-ring (bicyclic) bond motifs is 10. The average molecular weight is 588 g/mol. The fraction of sp³-hybridized carbons (Fsp3) is 0.0667. The number of anilines is 3. The van der Waals surface area contributed by atoms with Gasteiger partial charge in [-0.15, -0.1) is 0 Å². The van der Waals surface area contributed by atoms with Crippen LogP contribution in [-0.2, 0) is 5.41 Å². The number of rotatable bonds is 4. The molecule has 0 unspecified atom stereocenters. The van der Waals surface area contributed by atoms with E-state index in [0.717, 1.165) is 17.1 Å². The number of para-hydroxylation sites is 1. The van der Waals surface area contributed by atoms with Gasteiger partial charge in [-0.05, 0) is 102 Å². The number of benzene rings is 8. The summed E-state index contributed by atoms with van der Waals surface area (Å²) in [6, 6.07) is 59.9. The lowest BCUT2D eigenvalue weighted by molar-refractivity contribution is 0.667. The zero-order chi connectivity index (χ0) is 30.8. The maximum absolute atomic E-state index is 2.41. The smallest absolute Gasteiger partial charge is 0.0468 e. The minimum atomic E-state index is -0.134. The molecule has 0 aromatic heterocycles. The van der Waals surface area contributed by atoms with Crippen molar-refractivity contribution in [1.82, 2.24) is 0 Å². The van der Waals surface area contributed by atoms with E-state index < -0.39 is 0 Å². The van der Waals surface area contributed by atoms with Gasteiger partial charge >= 0.3 is 0 Å². The van der Waals surface area contributed by atoms with Gasteiger partial charge in [0.2, 0.25) is 0 Å². The van der Waals surface area contributed by atoms with Crippen LogP contribution in [0.3, 0.4) is 0 Å². The van der Waals surface area contributed by atoms with E-state index in [1.54, 1.807) is 0 Å². The summed E-state index contributed by atoms with van der Waals surface area (Å²) in [4.78, 5) is 2.38.